The monoisotopic (exact) mass is 262 g/mol. The summed E-state index contributed by atoms with van der Waals surface area (Å²) in [5, 5.41) is 3.48. The quantitative estimate of drug-likeness (QED) is 0.536. The van der Waals surface area contributed by atoms with Crippen molar-refractivity contribution in [2.75, 3.05) is 38.7 Å². The molecule has 1 N–H and O–H groups in total. The van der Waals surface area contributed by atoms with Gasteiger partial charge in [-0.2, -0.15) is 0 Å². The predicted molar refractivity (Wildman–Crippen MR) is 73.9 cm³/mol. The smallest absolute Gasteiger partial charge is 0.0826 e. The minimum Gasteiger partial charge on any atom is -0.374 e. The summed E-state index contributed by atoms with van der Waals surface area (Å²) in [6, 6.07) is 0.630. The average Bonchev–Trinajstić information content (AvgIpc) is 2.34. The molecule has 1 saturated heterocycles. The van der Waals surface area contributed by atoms with Crippen molar-refractivity contribution in [2.24, 2.45) is 0 Å². The van der Waals surface area contributed by atoms with Gasteiger partial charge >= 0.3 is 0 Å². The molecule has 0 radical (unpaired) electrons. The van der Waals surface area contributed by atoms with E-state index in [1.807, 2.05) is 0 Å². The standard InChI is InChI=1S/C13H27ClN2O/c1-12(2)16-8-9-17-13(11-16)10-15-7-5-3-4-6-14/h12-13,15H,3-11H2,1-2H3. The van der Waals surface area contributed by atoms with Crippen LogP contribution in [0.2, 0.25) is 0 Å². The van der Waals surface area contributed by atoms with E-state index in [1.54, 1.807) is 0 Å². The second-order valence-corrected chi connectivity index (χ2v) is 5.41. The van der Waals surface area contributed by atoms with Crippen molar-refractivity contribution in [1.29, 1.82) is 0 Å². The van der Waals surface area contributed by atoms with Crippen LogP contribution in [0, 0.1) is 0 Å². The van der Waals surface area contributed by atoms with Gasteiger partial charge in [-0.25, -0.2) is 0 Å². The van der Waals surface area contributed by atoms with Crippen molar-refractivity contribution < 1.29 is 4.74 Å². The molecule has 0 amide bonds. The zero-order chi connectivity index (χ0) is 12.5. The Morgan fingerprint density at radius 2 is 2.18 bits per heavy atom. The van der Waals surface area contributed by atoms with Crippen molar-refractivity contribution in [2.45, 2.75) is 45.3 Å². The van der Waals surface area contributed by atoms with E-state index < -0.39 is 0 Å². The molecule has 1 fully saturated rings. The molecule has 1 unspecified atom stereocenters. The molecular weight excluding hydrogens is 236 g/mol. The van der Waals surface area contributed by atoms with E-state index in [4.69, 9.17) is 16.3 Å². The van der Waals surface area contributed by atoms with E-state index in [0.29, 0.717) is 12.1 Å². The number of halogens is 1. The number of morpholine rings is 1. The van der Waals surface area contributed by atoms with Gasteiger partial charge in [0.05, 0.1) is 12.7 Å². The maximum Gasteiger partial charge on any atom is 0.0826 e. The molecule has 0 aromatic carbocycles. The van der Waals surface area contributed by atoms with Gasteiger partial charge in [-0.3, -0.25) is 4.90 Å². The van der Waals surface area contributed by atoms with Gasteiger partial charge < -0.3 is 10.1 Å². The molecule has 0 spiro atoms. The molecule has 1 aliphatic rings. The van der Waals surface area contributed by atoms with Crippen LogP contribution in [0.25, 0.3) is 0 Å². The van der Waals surface area contributed by atoms with Gasteiger partial charge in [0.25, 0.3) is 0 Å². The van der Waals surface area contributed by atoms with Crippen LogP contribution in [0.1, 0.15) is 33.1 Å². The Bertz CT molecular complexity index is 190. The first-order valence-corrected chi connectivity index (χ1v) is 7.40. The fourth-order valence-electron chi connectivity index (χ4n) is 2.12. The van der Waals surface area contributed by atoms with Crippen LogP contribution >= 0.6 is 11.6 Å². The van der Waals surface area contributed by atoms with Gasteiger partial charge in [0.1, 0.15) is 0 Å². The Morgan fingerprint density at radius 1 is 1.35 bits per heavy atom. The Balaban J connectivity index is 2.02. The van der Waals surface area contributed by atoms with Crippen molar-refractivity contribution in [3.63, 3.8) is 0 Å². The van der Waals surface area contributed by atoms with Gasteiger partial charge in [-0.1, -0.05) is 6.42 Å². The van der Waals surface area contributed by atoms with Crippen LogP contribution in [0.5, 0.6) is 0 Å². The van der Waals surface area contributed by atoms with Crippen molar-refractivity contribution in [1.82, 2.24) is 10.2 Å². The first-order valence-electron chi connectivity index (χ1n) is 6.86. The summed E-state index contributed by atoms with van der Waals surface area (Å²) in [6.45, 7) is 9.57. The molecule has 1 aliphatic heterocycles. The first-order chi connectivity index (χ1) is 8.24. The van der Waals surface area contributed by atoms with Gasteiger partial charge in [-0.05, 0) is 33.2 Å². The number of nitrogens with one attached hydrogen (secondary N) is 1. The van der Waals surface area contributed by atoms with Gasteiger partial charge in [-0.15, -0.1) is 11.6 Å². The van der Waals surface area contributed by atoms with Crippen LogP contribution < -0.4 is 5.32 Å². The summed E-state index contributed by atoms with van der Waals surface area (Å²) >= 11 is 5.64. The fourth-order valence-corrected chi connectivity index (χ4v) is 2.31. The Hall–Kier alpha value is 0.170. The second kappa shape index (κ2) is 9.15. The summed E-state index contributed by atoms with van der Waals surface area (Å²) in [4.78, 5) is 2.49. The molecule has 0 aromatic heterocycles. The maximum atomic E-state index is 5.76. The van der Waals surface area contributed by atoms with E-state index in [9.17, 15) is 0 Å². The third-order valence-corrected chi connectivity index (χ3v) is 3.53. The topological polar surface area (TPSA) is 24.5 Å². The summed E-state index contributed by atoms with van der Waals surface area (Å²) in [6.07, 6.45) is 3.93. The van der Waals surface area contributed by atoms with Gasteiger partial charge in [0, 0.05) is 31.6 Å². The highest BCUT2D eigenvalue weighted by atomic mass is 35.5. The van der Waals surface area contributed by atoms with E-state index in [2.05, 4.69) is 24.1 Å². The lowest BCUT2D eigenvalue weighted by atomic mass is 10.2. The molecule has 4 heteroatoms. The Morgan fingerprint density at radius 3 is 2.88 bits per heavy atom. The fraction of sp³-hybridized carbons (Fsp3) is 1.00. The van der Waals surface area contributed by atoms with Crippen molar-refractivity contribution >= 4 is 11.6 Å². The van der Waals surface area contributed by atoms with E-state index in [-0.39, 0.29) is 0 Å². The van der Waals surface area contributed by atoms with Gasteiger partial charge in [0.2, 0.25) is 0 Å². The Labute approximate surface area is 111 Å². The maximum absolute atomic E-state index is 5.76. The van der Waals surface area contributed by atoms with E-state index >= 15 is 0 Å². The number of unbranched alkanes of at least 4 members (excludes halogenated alkanes) is 2. The summed E-state index contributed by atoms with van der Waals surface area (Å²) in [5.74, 6) is 0.787. The highest BCUT2D eigenvalue weighted by molar-refractivity contribution is 6.17. The molecule has 102 valence electrons. The number of ether oxygens (including phenoxy) is 1. The zero-order valence-corrected chi connectivity index (χ0v) is 12.0. The van der Waals surface area contributed by atoms with Crippen LogP contribution in [0.3, 0.4) is 0 Å². The molecule has 1 rings (SSSR count). The molecule has 0 aromatic rings. The van der Waals surface area contributed by atoms with E-state index in [0.717, 1.165) is 45.1 Å². The lowest BCUT2D eigenvalue weighted by molar-refractivity contribution is -0.0370. The minimum atomic E-state index is 0.360. The molecule has 0 saturated carbocycles. The third-order valence-electron chi connectivity index (χ3n) is 3.26. The first kappa shape index (κ1) is 15.2. The van der Waals surface area contributed by atoms with Crippen molar-refractivity contribution in [3.8, 4) is 0 Å². The third kappa shape index (κ3) is 6.61. The highest BCUT2D eigenvalue weighted by Gasteiger charge is 2.21. The summed E-state index contributed by atoms with van der Waals surface area (Å²) in [7, 11) is 0. The van der Waals surface area contributed by atoms with Crippen LogP contribution in [-0.2, 0) is 4.74 Å². The number of nitrogens with zero attached hydrogens (tertiary/aromatic N) is 1. The molecule has 0 bridgehead atoms. The van der Waals surface area contributed by atoms with Crippen LogP contribution in [-0.4, -0.2) is 55.7 Å². The van der Waals surface area contributed by atoms with Crippen molar-refractivity contribution in [3.05, 3.63) is 0 Å². The lowest BCUT2D eigenvalue weighted by Crippen LogP contribution is -2.49. The largest absolute Gasteiger partial charge is 0.374 e. The van der Waals surface area contributed by atoms with Crippen LogP contribution in [0.15, 0.2) is 0 Å². The highest BCUT2D eigenvalue weighted by Crippen LogP contribution is 2.08. The van der Waals surface area contributed by atoms with E-state index in [1.165, 1.54) is 12.8 Å². The normalized spacial score (nSPS) is 22.2. The number of alkyl halides is 1. The summed E-state index contributed by atoms with van der Waals surface area (Å²) in [5.41, 5.74) is 0. The molecule has 17 heavy (non-hydrogen) atoms. The number of hydrogen-bond donors (Lipinski definition) is 1. The molecule has 0 aliphatic carbocycles. The zero-order valence-electron chi connectivity index (χ0n) is 11.3. The molecule has 1 heterocycles. The second-order valence-electron chi connectivity index (χ2n) is 5.04. The lowest BCUT2D eigenvalue weighted by Gasteiger charge is -2.35. The Kier molecular flexibility index (Phi) is 8.19. The molecule has 1 atom stereocenters. The number of rotatable bonds is 8. The molecular formula is C13H27ClN2O. The SMILES string of the molecule is CC(C)N1CCOC(CNCCCCCCl)C1. The minimum absolute atomic E-state index is 0.360. The van der Waals surface area contributed by atoms with Gasteiger partial charge in [0.15, 0.2) is 0 Å². The predicted octanol–water partition coefficient (Wildman–Crippen LogP) is 2.09. The molecule has 3 nitrogen and oxygen atoms in total. The summed E-state index contributed by atoms with van der Waals surface area (Å²) < 4.78 is 5.76. The average molecular weight is 263 g/mol. The van der Waals surface area contributed by atoms with Crippen LogP contribution in [0.4, 0.5) is 0 Å². The number of hydrogen-bond acceptors (Lipinski definition) is 3.